The lowest BCUT2D eigenvalue weighted by Gasteiger charge is -2.00. The van der Waals surface area contributed by atoms with E-state index in [0.29, 0.717) is 0 Å². The zero-order chi connectivity index (χ0) is 7.28. The maximum absolute atomic E-state index is 11.8. The summed E-state index contributed by atoms with van der Waals surface area (Å²) in [5.74, 6) is 0. The molecule has 0 aromatic heterocycles. The van der Waals surface area contributed by atoms with Crippen LogP contribution < -0.4 is 0 Å². The lowest BCUT2D eigenvalue weighted by molar-refractivity contribution is 0.116. The zero-order valence-corrected chi connectivity index (χ0v) is 4.79. The van der Waals surface area contributed by atoms with E-state index in [2.05, 4.69) is 0 Å². The van der Waals surface area contributed by atoms with Gasteiger partial charge in [0, 0.05) is 6.42 Å². The lowest BCUT2D eigenvalue weighted by atomic mass is 10.2. The molecule has 0 saturated carbocycles. The fraction of sp³-hybridized carbons (Fsp3) is 1.00. The third-order valence-electron chi connectivity index (χ3n) is 0.866. The Morgan fingerprint density at radius 3 is 1.89 bits per heavy atom. The molecule has 56 valence electrons. The van der Waals surface area contributed by atoms with Crippen LogP contribution in [-0.2, 0) is 0 Å². The van der Waals surface area contributed by atoms with E-state index in [1.807, 2.05) is 0 Å². The van der Waals surface area contributed by atoms with E-state index in [4.69, 9.17) is 0 Å². The van der Waals surface area contributed by atoms with Crippen molar-refractivity contribution in [3.63, 3.8) is 0 Å². The summed E-state index contributed by atoms with van der Waals surface area (Å²) < 4.78 is 45.5. The molecule has 0 radical (unpaired) electrons. The Morgan fingerprint density at radius 2 is 1.56 bits per heavy atom. The summed E-state index contributed by atoms with van der Waals surface area (Å²) in [6.07, 6.45) is -5.16. The van der Waals surface area contributed by atoms with Gasteiger partial charge in [0.15, 0.2) is 0 Å². The van der Waals surface area contributed by atoms with E-state index >= 15 is 0 Å². The summed E-state index contributed by atoms with van der Waals surface area (Å²) in [7, 11) is 0. The molecule has 0 fully saturated rings. The summed E-state index contributed by atoms with van der Waals surface area (Å²) >= 11 is 0. The molecule has 0 aliphatic heterocycles. The Balaban J connectivity index is 3.06. The van der Waals surface area contributed by atoms with Crippen molar-refractivity contribution in [2.24, 2.45) is 0 Å². The highest BCUT2D eigenvalue weighted by Gasteiger charge is 2.09. The summed E-state index contributed by atoms with van der Waals surface area (Å²) in [4.78, 5) is 0. The van der Waals surface area contributed by atoms with Crippen LogP contribution in [0.2, 0.25) is 0 Å². The minimum absolute atomic E-state index is 0.381. The molecule has 0 aliphatic carbocycles. The molecule has 1 unspecified atom stereocenters. The molecule has 0 bridgehead atoms. The van der Waals surface area contributed by atoms with E-state index in [-0.39, 0.29) is 6.42 Å². The quantitative estimate of drug-likeness (QED) is 0.531. The topological polar surface area (TPSA) is 0 Å². The molecule has 0 heterocycles. The van der Waals surface area contributed by atoms with Crippen molar-refractivity contribution in [1.29, 1.82) is 0 Å². The van der Waals surface area contributed by atoms with Crippen LogP contribution in [0.25, 0.3) is 0 Å². The predicted octanol–water partition coefficient (Wildman–Crippen LogP) is 2.34. The Kier molecular flexibility index (Phi) is 4.44. The molecule has 0 aliphatic rings. The molecule has 0 rings (SSSR count). The first-order chi connectivity index (χ1) is 4.16. The van der Waals surface area contributed by atoms with E-state index in [1.54, 1.807) is 0 Å². The van der Waals surface area contributed by atoms with Gasteiger partial charge < -0.3 is 0 Å². The van der Waals surface area contributed by atoms with Gasteiger partial charge >= 0.3 is 0 Å². The monoisotopic (exact) mass is 144 g/mol. The molecule has 0 aromatic rings. The highest BCUT2D eigenvalue weighted by atomic mass is 19.3. The fourth-order valence-corrected chi connectivity index (χ4v) is 0.384. The lowest BCUT2D eigenvalue weighted by Crippen LogP contribution is -2.04. The highest BCUT2D eigenvalue weighted by molar-refractivity contribution is 4.53. The van der Waals surface area contributed by atoms with Gasteiger partial charge in [-0.3, -0.25) is 0 Å². The van der Waals surface area contributed by atoms with Gasteiger partial charge in [0.2, 0.25) is 6.43 Å². The van der Waals surface area contributed by atoms with Gasteiger partial charge in [-0.15, -0.1) is 0 Å². The van der Waals surface area contributed by atoms with Crippen molar-refractivity contribution in [1.82, 2.24) is 0 Å². The Bertz CT molecular complexity index is 64.0. The first-order valence-corrected chi connectivity index (χ1v) is 2.65. The van der Waals surface area contributed by atoms with Crippen LogP contribution in [-0.4, -0.2) is 19.3 Å². The molecule has 0 amide bonds. The van der Waals surface area contributed by atoms with Gasteiger partial charge in [0.05, 0.1) is 0 Å². The van der Waals surface area contributed by atoms with Crippen LogP contribution in [0.3, 0.4) is 0 Å². The Hall–Kier alpha value is -0.280. The van der Waals surface area contributed by atoms with Crippen molar-refractivity contribution in [2.75, 3.05) is 6.67 Å². The third kappa shape index (κ3) is 5.59. The molecule has 0 saturated heterocycles. The molecule has 0 N–H and O–H groups in total. The smallest absolute Gasteiger partial charge is 0.238 e. The first kappa shape index (κ1) is 8.72. The molecule has 4 heteroatoms. The van der Waals surface area contributed by atoms with Gasteiger partial charge in [-0.1, -0.05) is 0 Å². The van der Waals surface area contributed by atoms with Gasteiger partial charge in [0.25, 0.3) is 0 Å². The molecule has 0 aromatic carbocycles. The van der Waals surface area contributed by atoms with Crippen molar-refractivity contribution in [2.45, 2.75) is 25.4 Å². The maximum atomic E-state index is 11.8. The van der Waals surface area contributed by atoms with Crippen molar-refractivity contribution >= 4 is 0 Å². The van der Waals surface area contributed by atoms with Gasteiger partial charge in [-0.2, -0.15) is 0 Å². The standard InChI is InChI=1S/C5H8F4/c6-3-4(7)1-2-5(8)9/h4-5H,1-3H2. The Morgan fingerprint density at radius 1 is 1.00 bits per heavy atom. The minimum Gasteiger partial charge on any atom is -0.248 e. The maximum Gasteiger partial charge on any atom is 0.238 e. The van der Waals surface area contributed by atoms with Crippen molar-refractivity contribution in [3.8, 4) is 0 Å². The van der Waals surface area contributed by atoms with E-state index in [9.17, 15) is 17.6 Å². The van der Waals surface area contributed by atoms with Gasteiger partial charge in [-0.05, 0) is 6.42 Å². The van der Waals surface area contributed by atoms with Crippen LogP contribution in [0.15, 0.2) is 0 Å². The number of alkyl halides is 4. The van der Waals surface area contributed by atoms with Gasteiger partial charge in [0.1, 0.15) is 12.8 Å². The number of hydrogen-bond donors (Lipinski definition) is 0. The first-order valence-electron chi connectivity index (χ1n) is 2.65. The van der Waals surface area contributed by atoms with E-state index < -0.39 is 25.7 Å². The van der Waals surface area contributed by atoms with Gasteiger partial charge in [-0.25, -0.2) is 17.6 Å². The van der Waals surface area contributed by atoms with Crippen LogP contribution in [0.4, 0.5) is 17.6 Å². The average molecular weight is 144 g/mol. The van der Waals surface area contributed by atoms with E-state index in [1.165, 1.54) is 0 Å². The Labute approximate surface area is 50.9 Å². The number of hydrogen-bond acceptors (Lipinski definition) is 0. The summed E-state index contributed by atoms with van der Waals surface area (Å²) in [5.41, 5.74) is 0. The average Bonchev–Trinajstić information content (AvgIpc) is 1.83. The normalized spacial score (nSPS) is 14.3. The molecular weight excluding hydrogens is 136 g/mol. The zero-order valence-electron chi connectivity index (χ0n) is 4.79. The minimum atomic E-state index is -2.52. The fourth-order valence-electron chi connectivity index (χ4n) is 0.384. The molecule has 1 atom stereocenters. The number of halogens is 4. The summed E-state index contributed by atoms with van der Waals surface area (Å²) in [6.45, 7) is -1.16. The van der Waals surface area contributed by atoms with Crippen LogP contribution in [0, 0.1) is 0 Å². The molecular formula is C5H8F4. The second kappa shape index (κ2) is 4.58. The van der Waals surface area contributed by atoms with Crippen molar-refractivity contribution in [3.05, 3.63) is 0 Å². The van der Waals surface area contributed by atoms with E-state index in [0.717, 1.165) is 0 Å². The summed E-state index contributed by atoms with van der Waals surface area (Å²) in [6, 6.07) is 0. The second-order valence-electron chi connectivity index (χ2n) is 1.72. The van der Waals surface area contributed by atoms with Crippen LogP contribution in [0.5, 0.6) is 0 Å². The van der Waals surface area contributed by atoms with Crippen molar-refractivity contribution < 1.29 is 17.6 Å². The SMILES string of the molecule is FCC(F)CCC(F)F. The largest absolute Gasteiger partial charge is 0.248 e. The van der Waals surface area contributed by atoms with Crippen LogP contribution >= 0.6 is 0 Å². The van der Waals surface area contributed by atoms with Crippen LogP contribution in [0.1, 0.15) is 12.8 Å². The number of rotatable bonds is 4. The highest BCUT2D eigenvalue weighted by Crippen LogP contribution is 2.08. The molecule has 0 nitrogen and oxygen atoms in total. The second-order valence-corrected chi connectivity index (χ2v) is 1.72. The third-order valence-corrected chi connectivity index (χ3v) is 0.866. The molecule has 0 spiro atoms. The summed E-state index contributed by atoms with van der Waals surface area (Å²) in [5, 5.41) is 0. The molecule has 9 heavy (non-hydrogen) atoms. The predicted molar refractivity (Wildman–Crippen MR) is 26.1 cm³/mol.